The zero-order chi connectivity index (χ0) is 17.1. The van der Waals surface area contributed by atoms with Crippen LogP contribution in [0.15, 0.2) is 24.3 Å². The monoisotopic (exact) mass is 330 g/mol. The third kappa shape index (κ3) is 3.51. The van der Waals surface area contributed by atoms with E-state index >= 15 is 0 Å². The van der Waals surface area contributed by atoms with Crippen molar-refractivity contribution in [3.63, 3.8) is 0 Å². The zero-order valence-electron chi connectivity index (χ0n) is 14.2. The molecule has 7 heteroatoms. The number of hydrogen-bond donors (Lipinski definition) is 1. The van der Waals surface area contributed by atoms with Crippen LogP contribution in [-0.4, -0.2) is 54.6 Å². The summed E-state index contributed by atoms with van der Waals surface area (Å²) in [5.74, 6) is 1.29. The van der Waals surface area contributed by atoms with Crippen LogP contribution in [0.1, 0.15) is 16.9 Å². The quantitative estimate of drug-likeness (QED) is 0.813. The predicted molar refractivity (Wildman–Crippen MR) is 90.3 cm³/mol. The molecule has 0 aliphatic carbocycles. The number of ether oxygens (including phenoxy) is 2. The molecule has 1 N–H and O–H groups in total. The van der Waals surface area contributed by atoms with Gasteiger partial charge in [-0.05, 0) is 51.3 Å². The van der Waals surface area contributed by atoms with Crippen molar-refractivity contribution in [2.75, 3.05) is 34.0 Å². The summed E-state index contributed by atoms with van der Waals surface area (Å²) in [4.78, 5) is 14.3. The van der Waals surface area contributed by atoms with Crippen molar-refractivity contribution >= 4 is 5.91 Å². The highest BCUT2D eigenvalue weighted by molar-refractivity contribution is 5.93. The molecule has 0 bridgehead atoms. The molecular formula is C17H22N4O3. The maximum Gasteiger partial charge on any atom is 0.271 e. The van der Waals surface area contributed by atoms with E-state index in [4.69, 9.17) is 9.47 Å². The molecule has 2 aromatic rings. The topological polar surface area (TPSA) is 68.6 Å². The van der Waals surface area contributed by atoms with Gasteiger partial charge in [-0.2, -0.15) is 5.10 Å². The minimum atomic E-state index is -0.156. The normalized spacial score (nSPS) is 12.7. The Labute approximate surface area is 141 Å². The first kappa shape index (κ1) is 16.3. The Morgan fingerprint density at radius 3 is 2.88 bits per heavy atom. The molecule has 1 aromatic carbocycles. The molecule has 0 radical (unpaired) electrons. The van der Waals surface area contributed by atoms with Gasteiger partial charge in [0, 0.05) is 19.2 Å². The van der Waals surface area contributed by atoms with E-state index in [-0.39, 0.29) is 12.7 Å². The first-order chi connectivity index (χ1) is 11.5. The van der Waals surface area contributed by atoms with Crippen LogP contribution in [0.3, 0.4) is 0 Å². The fourth-order valence-electron chi connectivity index (χ4n) is 2.59. The van der Waals surface area contributed by atoms with Gasteiger partial charge in [-0.1, -0.05) is 0 Å². The molecule has 0 fully saturated rings. The first-order valence-corrected chi connectivity index (χ1v) is 7.91. The molecule has 128 valence electrons. The largest absolute Gasteiger partial charge is 0.454 e. The minimum Gasteiger partial charge on any atom is -0.454 e. The van der Waals surface area contributed by atoms with E-state index in [0.29, 0.717) is 18.0 Å². The molecule has 0 spiro atoms. The van der Waals surface area contributed by atoms with Crippen molar-refractivity contribution in [1.82, 2.24) is 20.0 Å². The number of carbonyl (C=O) groups is 1. The molecule has 3 rings (SSSR count). The van der Waals surface area contributed by atoms with Crippen LogP contribution in [-0.2, 0) is 7.05 Å². The molecule has 1 aliphatic rings. The molecule has 1 aliphatic heterocycles. The van der Waals surface area contributed by atoms with Gasteiger partial charge in [0.15, 0.2) is 17.2 Å². The number of fused-ring (bicyclic) bond motifs is 1. The van der Waals surface area contributed by atoms with Crippen molar-refractivity contribution in [1.29, 1.82) is 0 Å². The highest BCUT2D eigenvalue weighted by Crippen LogP contribution is 2.35. The third-order valence-electron chi connectivity index (χ3n) is 3.85. The van der Waals surface area contributed by atoms with Crippen LogP contribution in [0.25, 0.3) is 11.3 Å². The molecule has 0 saturated heterocycles. The minimum absolute atomic E-state index is 0.156. The number of hydrogen-bond acceptors (Lipinski definition) is 5. The number of nitrogens with one attached hydrogen (secondary N) is 1. The van der Waals surface area contributed by atoms with Crippen LogP contribution < -0.4 is 14.8 Å². The van der Waals surface area contributed by atoms with Crippen LogP contribution in [0, 0.1) is 0 Å². The lowest BCUT2D eigenvalue weighted by Crippen LogP contribution is -2.27. The molecule has 7 nitrogen and oxygen atoms in total. The second-order valence-corrected chi connectivity index (χ2v) is 6.02. The molecule has 0 atom stereocenters. The molecule has 1 aromatic heterocycles. The van der Waals surface area contributed by atoms with E-state index in [1.807, 2.05) is 39.3 Å². The van der Waals surface area contributed by atoms with E-state index in [0.717, 1.165) is 30.0 Å². The lowest BCUT2D eigenvalue weighted by Gasteiger charge is -2.09. The maximum atomic E-state index is 12.2. The van der Waals surface area contributed by atoms with Crippen molar-refractivity contribution in [3.05, 3.63) is 30.0 Å². The maximum absolute atomic E-state index is 12.2. The Morgan fingerprint density at radius 2 is 2.08 bits per heavy atom. The van der Waals surface area contributed by atoms with Crippen LogP contribution in [0.2, 0.25) is 0 Å². The Hall–Kier alpha value is -2.54. The Balaban J connectivity index is 1.70. The van der Waals surface area contributed by atoms with Gasteiger partial charge >= 0.3 is 0 Å². The van der Waals surface area contributed by atoms with Gasteiger partial charge < -0.3 is 19.7 Å². The zero-order valence-corrected chi connectivity index (χ0v) is 14.2. The van der Waals surface area contributed by atoms with Crippen LogP contribution in [0.4, 0.5) is 0 Å². The molecule has 0 saturated carbocycles. The van der Waals surface area contributed by atoms with Gasteiger partial charge in [0.1, 0.15) is 0 Å². The van der Waals surface area contributed by atoms with Crippen LogP contribution >= 0.6 is 0 Å². The van der Waals surface area contributed by atoms with E-state index in [9.17, 15) is 4.79 Å². The van der Waals surface area contributed by atoms with Gasteiger partial charge in [0.05, 0.1) is 5.69 Å². The Morgan fingerprint density at radius 1 is 1.29 bits per heavy atom. The summed E-state index contributed by atoms with van der Waals surface area (Å²) in [7, 11) is 5.85. The number of aromatic nitrogens is 2. The number of rotatable bonds is 6. The second-order valence-electron chi connectivity index (χ2n) is 6.02. The predicted octanol–water partition coefficient (Wildman–Crippen LogP) is 1.50. The highest BCUT2D eigenvalue weighted by Gasteiger charge is 2.17. The fourth-order valence-corrected chi connectivity index (χ4v) is 2.59. The average molecular weight is 330 g/mol. The SMILES string of the molecule is CN(C)CCCNC(=O)c1cc(-c2ccc3c(c2)OCO3)n(C)n1. The lowest BCUT2D eigenvalue weighted by molar-refractivity contribution is 0.0946. The number of nitrogens with zero attached hydrogens (tertiary/aromatic N) is 3. The number of benzene rings is 1. The lowest BCUT2D eigenvalue weighted by atomic mass is 10.1. The first-order valence-electron chi connectivity index (χ1n) is 7.91. The summed E-state index contributed by atoms with van der Waals surface area (Å²) in [5.41, 5.74) is 2.20. The van der Waals surface area contributed by atoms with E-state index < -0.39 is 0 Å². The summed E-state index contributed by atoms with van der Waals surface area (Å²) in [6.07, 6.45) is 0.903. The molecule has 1 amide bonds. The summed E-state index contributed by atoms with van der Waals surface area (Å²) in [6.45, 7) is 1.81. The van der Waals surface area contributed by atoms with Crippen LogP contribution in [0.5, 0.6) is 11.5 Å². The molecule has 2 heterocycles. The van der Waals surface area contributed by atoms with E-state index in [1.165, 1.54) is 0 Å². The second kappa shape index (κ2) is 6.92. The molecular weight excluding hydrogens is 308 g/mol. The molecule has 0 unspecified atom stereocenters. The standard InChI is InChI=1S/C17H22N4O3/c1-20(2)8-4-7-18-17(22)13-10-14(21(3)19-13)12-5-6-15-16(9-12)24-11-23-15/h5-6,9-10H,4,7-8,11H2,1-3H3,(H,18,22). The third-order valence-corrected chi connectivity index (χ3v) is 3.85. The van der Waals surface area contributed by atoms with Gasteiger partial charge in [-0.3, -0.25) is 9.48 Å². The Kier molecular flexibility index (Phi) is 4.71. The van der Waals surface area contributed by atoms with E-state index in [2.05, 4.69) is 15.3 Å². The number of carbonyl (C=O) groups excluding carboxylic acids is 1. The number of aryl methyl sites for hydroxylation is 1. The summed E-state index contributed by atoms with van der Waals surface area (Å²) in [6, 6.07) is 7.49. The van der Waals surface area contributed by atoms with Crippen molar-refractivity contribution in [2.45, 2.75) is 6.42 Å². The van der Waals surface area contributed by atoms with Gasteiger partial charge in [0.25, 0.3) is 5.91 Å². The highest BCUT2D eigenvalue weighted by atomic mass is 16.7. The van der Waals surface area contributed by atoms with E-state index in [1.54, 1.807) is 10.7 Å². The smallest absolute Gasteiger partial charge is 0.271 e. The Bertz CT molecular complexity index is 739. The van der Waals surface area contributed by atoms with Crippen molar-refractivity contribution in [3.8, 4) is 22.8 Å². The fraction of sp³-hybridized carbons (Fsp3) is 0.412. The van der Waals surface area contributed by atoms with Gasteiger partial charge in [-0.25, -0.2) is 0 Å². The van der Waals surface area contributed by atoms with Crippen molar-refractivity contribution in [2.24, 2.45) is 7.05 Å². The van der Waals surface area contributed by atoms with Crippen molar-refractivity contribution < 1.29 is 14.3 Å². The number of amides is 1. The van der Waals surface area contributed by atoms with Gasteiger partial charge in [-0.15, -0.1) is 0 Å². The summed E-state index contributed by atoms with van der Waals surface area (Å²) >= 11 is 0. The van der Waals surface area contributed by atoms with Gasteiger partial charge in [0.2, 0.25) is 6.79 Å². The summed E-state index contributed by atoms with van der Waals surface area (Å²) in [5, 5.41) is 7.22. The summed E-state index contributed by atoms with van der Waals surface area (Å²) < 4.78 is 12.4. The molecule has 24 heavy (non-hydrogen) atoms. The average Bonchev–Trinajstić information content (AvgIpc) is 3.16.